The molecule has 2 aromatic carbocycles. The Hall–Kier alpha value is -1.07. The minimum Gasteiger partial charge on any atom is -0.326 e. The van der Waals surface area contributed by atoms with E-state index in [1.165, 1.54) is 0 Å². The second kappa shape index (κ2) is 8.54. The van der Waals surface area contributed by atoms with Crippen LogP contribution in [0.15, 0.2) is 46.9 Å². The van der Waals surface area contributed by atoms with Gasteiger partial charge in [0.05, 0.1) is 16.0 Å². The lowest BCUT2D eigenvalue weighted by molar-refractivity contribution is -0.121. The summed E-state index contributed by atoms with van der Waals surface area (Å²) in [6, 6.07) is 13.4. The lowest BCUT2D eigenvalue weighted by Crippen LogP contribution is -2.40. The highest BCUT2D eigenvalue weighted by atomic mass is 79.9. The first-order valence-corrected chi connectivity index (χ1v) is 9.79. The van der Waals surface area contributed by atoms with Crippen molar-refractivity contribution in [2.45, 2.75) is 19.4 Å². The maximum atomic E-state index is 12.6. The summed E-state index contributed by atoms with van der Waals surface area (Å²) in [5.74, 6) is 0.0763. The first kappa shape index (κ1) is 18.7. The van der Waals surface area contributed by atoms with Crippen LogP contribution in [0.25, 0.3) is 0 Å². The fourth-order valence-electron chi connectivity index (χ4n) is 3.12. The van der Waals surface area contributed by atoms with E-state index in [9.17, 15) is 4.79 Å². The number of nitrogens with zero attached hydrogens (tertiary/aromatic N) is 1. The quantitative estimate of drug-likeness (QED) is 0.668. The van der Waals surface area contributed by atoms with E-state index < -0.39 is 0 Å². The molecule has 0 bridgehead atoms. The molecule has 3 rings (SSSR count). The van der Waals surface area contributed by atoms with Crippen LogP contribution in [0.4, 0.5) is 5.69 Å². The highest BCUT2D eigenvalue weighted by Crippen LogP contribution is 2.25. The Morgan fingerprint density at radius 3 is 2.80 bits per heavy atom. The van der Waals surface area contributed by atoms with Crippen molar-refractivity contribution in [2.24, 2.45) is 5.92 Å². The summed E-state index contributed by atoms with van der Waals surface area (Å²) in [6.45, 7) is 2.51. The Bertz CT molecular complexity index is 769. The molecule has 1 aliphatic heterocycles. The minimum atomic E-state index is -0.00416. The van der Waals surface area contributed by atoms with Crippen LogP contribution >= 0.6 is 39.1 Å². The molecule has 1 heterocycles. The van der Waals surface area contributed by atoms with Gasteiger partial charge in [-0.1, -0.05) is 51.3 Å². The van der Waals surface area contributed by atoms with Gasteiger partial charge in [-0.15, -0.1) is 0 Å². The molecule has 0 aromatic heterocycles. The number of benzene rings is 2. The maximum Gasteiger partial charge on any atom is 0.228 e. The molecular formula is C19H19BrCl2N2O. The van der Waals surface area contributed by atoms with Crippen LogP contribution in [0.5, 0.6) is 0 Å². The molecule has 1 N–H and O–H groups in total. The Kier molecular flexibility index (Phi) is 6.39. The summed E-state index contributed by atoms with van der Waals surface area (Å²) in [7, 11) is 0. The van der Waals surface area contributed by atoms with Crippen molar-refractivity contribution in [3.63, 3.8) is 0 Å². The third-order valence-electron chi connectivity index (χ3n) is 4.36. The molecular weight excluding hydrogens is 423 g/mol. The van der Waals surface area contributed by atoms with E-state index in [4.69, 9.17) is 23.2 Å². The molecule has 0 radical (unpaired) electrons. The van der Waals surface area contributed by atoms with Crippen molar-refractivity contribution in [1.82, 2.24) is 4.90 Å². The van der Waals surface area contributed by atoms with Gasteiger partial charge in [-0.25, -0.2) is 0 Å². The number of carbonyl (C=O) groups excluding carboxylic acids is 1. The predicted octanol–water partition coefficient (Wildman–Crippen LogP) is 5.61. The van der Waals surface area contributed by atoms with E-state index in [1.807, 2.05) is 42.5 Å². The fourth-order valence-corrected chi connectivity index (χ4v) is 3.84. The van der Waals surface area contributed by atoms with Crippen LogP contribution in [0, 0.1) is 5.92 Å². The van der Waals surface area contributed by atoms with Crippen molar-refractivity contribution in [3.05, 3.63) is 62.5 Å². The van der Waals surface area contributed by atoms with Gasteiger partial charge in [0.1, 0.15) is 0 Å². The summed E-state index contributed by atoms with van der Waals surface area (Å²) in [6.07, 6.45) is 1.93. The monoisotopic (exact) mass is 440 g/mol. The summed E-state index contributed by atoms with van der Waals surface area (Å²) < 4.78 is 0.954. The van der Waals surface area contributed by atoms with Crippen LogP contribution in [0.2, 0.25) is 10.0 Å². The molecule has 6 heteroatoms. The second-order valence-corrected chi connectivity index (χ2v) is 8.05. The standard InChI is InChI=1S/C19H19BrCl2N2O/c20-15-4-1-5-16(10-15)23-19(25)14-3-2-8-24(12-14)11-13-6-7-17(21)18(22)9-13/h1,4-7,9-10,14H,2-3,8,11-12H2,(H,23,25). The molecule has 1 amide bonds. The average molecular weight is 442 g/mol. The smallest absolute Gasteiger partial charge is 0.228 e. The molecule has 132 valence electrons. The zero-order valence-corrected chi connectivity index (χ0v) is 16.7. The Labute approximate surface area is 166 Å². The van der Waals surface area contributed by atoms with Gasteiger partial charge >= 0.3 is 0 Å². The number of amides is 1. The number of hydrogen-bond donors (Lipinski definition) is 1. The Balaban J connectivity index is 1.60. The van der Waals surface area contributed by atoms with Crippen LogP contribution in [-0.4, -0.2) is 23.9 Å². The van der Waals surface area contributed by atoms with E-state index in [0.29, 0.717) is 10.0 Å². The number of likely N-dealkylation sites (tertiary alicyclic amines) is 1. The van der Waals surface area contributed by atoms with Crippen LogP contribution < -0.4 is 5.32 Å². The maximum absolute atomic E-state index is 12.6. The lowest BCUT2D eigenvalue weighted by atomic mass is 9.96. The Morgan fingerprint density at radius 2 is 2.04 bits per heavy atom. The van der Waals surface area contributed by atoms with Gasteiger partial charge in [-0.05, 0) is 55.3 Å². The van der Waals surface area contributed by atoms with Crippen molar-refractivity contribution < 1.29 is 4.79 Å². The van der Waals surface area contributed by atoms with Crippen molar-refractivity contribution in [1.29, 1.82) is 0 Å². The first-order valence-electron chi connectivity index (χ1n) is 8.24. The molecule has 0 spiro atoms. The highest BCUT2D eigenvalue weighted by Gasteiger charge is 2.26. The summed E-state index contributed by atoms with van der Waals surface area (Å²) in [4.78, 5) is 14.9. The minimum absolute atomic E-state index is 0.00416. The van der Waals surface area contributed by atoms with Gasteiger partial charge in [0.15, 0.2) is 0 Å². The molecule has 1 saturated heterocycles. The van der Waals surface area contributed by atoms with Gasteiger partial charge in [-0.3, -0.25) is 9.69 Å². The third-order valence-corrected chi connectivity index (χ3v) is 5.59. The SMILES string of the molecule is O=C(Nc1cccc(Br)c1)C1CCCN(Cc2ccc(Cl)c(Cl)c2)C1. The van der Waals surface area contributed by atoms with Gasteiger partial charge in [0.2, 0.25) is 5.91 Å². The van der Waals surface area contributed by atoms with E-state index in [0.717, 1.165) is 48.2 Å². The van der Waals surface area contributed by atoms with Crippen LogP contribution in [0.1, 0.15) is 18.4 Å². The average Bonchev–Trinajstić information content (AvgIpc) is 2.58. The molecule has 0 saturated carbocycles. The number of rotatable bonds is 4. The summed E-state index contributed by atoms with van der Waals surface area (Å²) in [5, 5.41) is 4.15. The number of halogens is 3. The highest BCUT2D eigenvalue weighted by molar-refractivity contribution is 9.10. The zero-order chi connectivity index (χ0) is 17.8. The normalized spacial score (nSPS) is 18.1. The molecule has 1 fully saturated rings. The molecule has 1 aliphatic rings. The summed E-state index contributed by atoms with van der Waals surface area (Å²) in [5.41, 5.74) is 1.93. The lowest BCUT2D eigenvalue weighted by Gasteiger charge is -2.32. The molecule has 0 aliphatic carbocycles. The van der Waals surface area contributed by atoms with E-state index in [-0.39, 0.29) is 11.8 Å². The predicted molar refractivity (Wildman–Crippen MR) is 107 cm³/mol. The molecule has 1 atom stereocenters. The molecule has 3 nitrogen and oxygen atoms in total. The molecule has 1 unspecified atom stereocenters. The van der Waals surface area contributed by atoms with E-state index in [2.05, 4.69) is 26.1 Å². The number of nitrogens with one attached hydrogen (secondary N) is 1. The van der Waals surface area contributed by atoms with E-state index in [1.54, 1.807) is 0 Å². The van der Waals surface area contributed by atoms with Crippen molar-refractivity contribution in [2.75, 3.05) is 18.4 Å². The van der Waals surface area contributed by atoms with Crippen LogP contribution in [0.3, 0.4) is 0 Å². The second-order valence-electron chi connectivity index (χ2n) is 6.32. The van der Waals surface area contributed by atoms with Gasteiger partial charge < -0.3 is 5.32 Å². The van der Waals surface area contributed by atoms with Gasteiger partial charge in [0.25, 0.3) is 0 Å². The molecule has 2 aromatic rings. The van der Waals surface area contributed by atoms with Gasteiger partial charge in [0, 0.05) is 23.2 Å². The zero-order valence-electron chi connectivity index (χ0n) is 13.6. The number of carbonyl (C=O) groups is 1. The number of anilines is 1. The van der Waals surface area contributed by atoms with Crippen molar-refractivity contribution >= 4 is 50.7 Å². The number of piperidine rings is 1. The van der Waals surface area contributed by atoms with Crippen LogP contribution in [-0.2, 0) is 11.3 Å². The third kappa shape index (κ3) is 5.20. The first-order chi connectivity index (χ1) is 12.0. The number of hydrogen-bond acceptors (Lipinski definition) is 2. The Morgan fingerprint density at radius 1 is 1.20 bits per heavy atom. The van der Waals surface area contributed by atoms with E-state index >= 15 is 0 Å². The van der Waals surface area contributed by atoms with Gasteiger partial charge in [-0.2, -0.15) is 0 Å². The van der Waals surface area contributed by atoms with Crippen molar-refractivity contribution in [3.8, 4) is 0 Å². The topological polar surface area (TPSA) is 32.3 Å². The summed E-state index contributed by atoms with van der Waals surface area (Å²) >= 11 is 15.5. The largest absolute Gasteiger partial charge is 0.326 e. The molecule has 25 heavy (non-hydrogen) atoms. The fraction of sp³-hybridized carbons (Fsp3) is 0.316.